The van der Waals surface area contributed by atoms with Crippen molar-refractivity contribution < 1.29 is 9.90 Å². The minimum absolute atomic E-state index is 0.0197. The molecule has 112 valence electrons. The smallest absolute Gasteiger partial charge is 0.313 e. The van der Waals surface area contributed by atoms with Gasteiger partial charge in [0.15, 0.2) is 5.16 Å². The van der Waals surface area contributed by atoms with Crippen molar-refractivity contribution in [2.45, 2.75) is 31.8 Å². The second kappa shape index (κ2) is 6.54. The number of rotatable bonds is 5. The molecule has 21 heavy (non-hydrogen) atoms. The van der Waals surface area contributed by atoms with Gasteiger partial charge in [-0.1, -0.05) is 43.3 Å². The molecule has 1 aromatic heterocycles. The summed E-state index contributed by atoms with van der Waals surface area (Å²) >= 11 is 7.42. The second-order valence-electron chi connectivity index (χ2n) is 5.02. The molecule has 0 spiro atoms. The van der Waals surface area contributed by atoms with Crippen LogP contribution in [0, 0.1) is 6.92 Å². The number of hydrogen-bond donors (Lipinski definition) is 1. The molecule has 0 saturated heterocycles. The lowest BCUT2D eigenvalue weighted by molar-refractivity contribution is -0.133. The third kappa shape index (κ3) is 3.41. The van der Waals surface area contributed by atoms with Crippen molar-refractivity contribution in [3.05, 3.63) is 40.7 Å². The number of hydrogen-bond acceptors (Lipinski definition) is 3. The van der Waals surface area contributed by atoms with Gasteiger partial charge in [-0.15, -0.1) is 0 Å². The molecule has 0 radical (unpaired) electrons. The summed E-state index contributed by atoms with van der Waals surface area (Å²) in [5.74, 6) is -0.604. The lowest BCUT2D eigenvalue weighted by atomic mass is 10.1. The Morgan fingerprint density at radius 2 is 2.19 bits per heavy atom. The Balaban J connectivity index is 2.55. The van der Waals surface area contributed by atoms with E-state index in [9.17, 15) is 4.79 Å². The summed E-state index contributed by atoms with van der Waals surface area (Å²) < 4.78 is 2.00. The molecule has 0 bridgehead atoms. The highest BCUT2D eigenvalue weighted by Gasteiger charge is 2.17. The van der Waals surface area contributed by atoms with Crippen LogP contribution in [0.15, 0.2) is 29.6 Å². The summed E-state index contributed by atoms with van der Waals surface area (Å²) in [6, 6.07) is 5.70. The van der Waals surface area contributed by atoms with Gasteiger partial charge in [0, 0.05) is 10.7 Å². The average Bonchev–Trinajstić information content (AvgIpc) is 2.83. The molecule has 0 aliphatic rings. The standard InChI is InChI=1S/C15H17ClN2O2S/c1-9(2)13-7-17-15(21-8-14(19)20)18(13)12-6-4-5-11(16)10(12)3/h4-7,9H,8H2,1-3H3,(H,19,20). The maximum atomic E-state index is 10.8. The van der Waals surface area contributed by atoms with E-state index in [0.717, 1.165) is 16.9 Å². The van der Waals surface area contributed by atoms with E-state index in [1.807, 2.05) is 29.7 Å². The van der Waals surface area contributed by atoms with Crippen molar-refractivity contribution in [3.8, 4) is 5.69 Å². The molecule has 0 amide bonds. The van der Waals surface area contributed by atoms with Crippen molar-refractivity contribution in [3.63, 3.8) is 0 Å². The molecule has 0 aliphatic carbocycles. The Kier molecular flexibility index (Phi) is 4.96. The van der Waals surface area contributed by atoms with Gasteiger partial charge < -0.3 is 5.11 Å². The first-order chi connectivity index (χ1) is 9.91. The number of nitrogens with zero attached hydrogens (tertiary/aromatic N) is 2. The van der Waals surface area contributed by atoms with E-state index in [-0.39, 0.29) is 11.7 Å². The van der Waals surface area contributed by atoms with Gasteiger partial charge in [0.05, 0.1) is 17.6 Å². The van der Waals surface area contributed by atoms with Crippen LogP contribution in [-0.2, 0) is 4.79 Å². The minimum atomic E-state index is -0.858. The van der Waals surface area contributed by atoms with Crippen molar-refractivity contribution in [1.82, 2.24) is 9.55 Å². The molecule has 2 rings (SSSR count). The average molecular weight is 325 g/mol. The summed E-state index contributed by atoms with van der Waals surface area (Å²) in [6.45, 7) is 6.12. The predicted molar refractivity (Wildman–Crippen MR) is 85.8 cm³/mol. The summed E-state index contributed by atoms with van der Waals surface area (Å²) in [7, 11) is 0. The van der Waals surface area contributed by atoms with Gasteiger partial charge in [0.25, 0.3) is 0 Å². The first-order valence-electron chi connectivity index (χ1n) is 6.59. The van der Waals surface area contributed by atoms with E-state index in [4.69, 9.17) is 16.7 Å². The van der Waals surface area contributed by atoms with Gasteiger partial charge in [0.1, 0.15) is 0 Å². The van der Waals surface area contributed by atoms with Gasteiger partial charge in [0.2, 0.25) is 0 Å². The summed E-state index contributed by atoms with van der Waals surface area (Å²) in [5.41, 5.74) is 2.93. The van der Waals surface area contributed by atoms with Crippen LogP contribution in [0.5, 0.6) is 0 Å². The molecule has 4 nitrogen and oxygen atoms in total. The fourth-order valence-electron chi connectivity index (χ4n) is 2.06. The lowest BCUT2D eigenvalue weighted by Crippen LogP contribution is -2.07. The molecule has 0 fully saturated rings. The largest absolute Gasteiger partial charge is 0.481 e. The van der Waals surface area contributed by atoms with Crippen LogP contribution >= 0.6 is 23.4 Å². The van der Waals surface area contributed by atoms with Crippen LogP contribution < -0.4 is 0 Å². The number of aromatic nitrogens is 2. The zero-order valence-corrected chi connectivity index (χ0v) is 13.7. The Hall–Kier alpha value is -1.46. The number of carboxylic acids is 1. The number of thioether (sulfide) groups is 1. The van der Waals surface area contributed by atoms with Crippen molar-refractivity contribution in [2.24, 2.45) is 0 Å². The molecular formula is C15H17ClN2O2S. The molecule has 2 aromatic rings. The zero-order chi connectivity index (χ0) is 15.6. The predicted octanol–water partition coefficient (Wildman–Crippen LogP) is 4.13. The number of benzene rings is 1. The Bertz CT molecular complexity index is 668. The topological polar surface area (TPSA) is 55.1 Å². The Labute approximate surface area is 133 Å². The third-order valence-corrected chi connectivity index (χ3v) is 4.50. The van der Waals surface area contributed by atoms with Gasteiger partial charge >= 0.3 is 5.97 Å². The van der Waals surface area contributed by atoms with E-state index < -0.39 is 5.97 Å². The summed E-state index contributed by atoms with van der Waals surface area (Å²) in [4.78, 5) is 15.2. The van der Waals surface area contributed by atoms with Crippen LogP contribution in [0.4, 0.5) is 0 Å². The summed E-state index contributed by atoms with van der Waals surface area (Å²) in [5, 5.41) is 10.2. The SMILES string of the molecule is Cc1c(Cl)cccc1-n1c(C(C)C)cnc1SCC(=O)O. The highest BCUT2D eigenvalue weighted by atomic mass is 35.5. The van der Waals surface area contributed by atoms with Crippen molar-refractivity contribution in [1.29, 1.82) is 0 Å². The first kappa shape index (κ1) is 15.9. The van der Waals surface area contributed by atoms with Crippen LogP contribution in [0.3, 0.4) is 0 Å². The first-order valence-corrected chi connectivity index (χ1v) is 7.96. The quantitative estimate of drug-likeness (QED) is 0.840. The second-order valence-corrected chi connectivity index (χ2v) is 6.37. The van der Waals surface area contributed by atoms with E-state index in [0.29, 0.717) is 10.2 Å². The molecule has 1 aromatic carbocycles. The van der Waals surface area contributed by atoms with E-state index in [2.05, 4.69) is 18.8 Å². The van der Waals surface area contributed by atoms with Crippen LogP contribution in [0.25, 0.3) is 5.69 Å². The maximum Gasteiger partial charge on any atom is 0.313 e. The maximum absolute atomic E-state index is 10.8. The number of imidazole rings is 1. The van der Waals surface area contributed by atoms with Crippen molar-refractivity contribution in [2.75, 3.05) is 5.75 Å². The normalized spacial score (nSPS) is 11.1. The zero-order valence-electron chi connectivity index (χ0n) is 12.1. The Morgan fingerprint density at radius 1 is 1.48 bits per heavy atom. The van der Waals surface area contributed by atoms with E-state index in [1.165, 1.54) is 11.8 Å². The Morgan fingerprint density at radius 3 is 2.81 bits per heavy atom. The number of aliphatic carboxylic acids is 1. The van der Waals surface area contributed by atoms with E-state index >= 15 is 0 Å². The molecule has 0 aliphatic heterocycles. The number of carbonyl (C=O) groups is 1. The highest BCUT2D eigenvalue weighted by molar-refractivity contribution is 7.99. The fraction of sp³-hybridized carbons (Fsp3) is 0.333. The number of carboxylic acid groups (broad SMARTS) is 1. The third-order valence-electron chi connectivity index (χ3n) is 3.15. The van der Waals surface area contributed by atoms with Crippen LogP contribution in [0.2, 0.25) is 5.02 Å². The van der Waals surface area contributed by atoms with E-state index in [1.54, 1.807) is 6.20 Å². The monoisotopic (exact) mass is 324 g/mol. The molecule has 1 heterocycles. The van der Waals surface area contributed by atoms with Gasteiger partial charge in [-0.05, 0) is 30.5 Å². The highest BCUT2D eigenvalue weighted by Crippen LogP contribution is 2.31. The molecule has 1 N–H and O–H groups in total. The van der Waals surface area contributed by atoms with Crippen molar-refractivity contribution >= 4 is 29.3 Å². The van der Waals surface area contributed by atoms with Gasteiger partial charge in [-0.2, -0.15) is 0 Å². The molecule has 0 saturated carbocycles. The fourth-order valence-corrected chi connectivity index (χ4v) is 2.95. The van der Waals surface area contributed by atoms with Gasteiger partial charge in [-0.25, -0.2) is 4.98 Å². The number of halogens is 1. The lowest BCUT2D eigenvalue weighted by Gasteiger charge is -2.16. The molecule has 6 heteroatoms. The summed E-state index contributed by atoms with van der Waals surface area (Å²) in [6.07, 6.45) is 1.80. The molecule has 0 atom stereocenters. The molecule has 0 unspecified atom stereocenters. The minimum Gasteiger partial charge on any atom is -0.481 e. The van der Waals surface area contributed by atoms with Crippen LogP contribution in [-0.4, -0.2) is 26.4 Å². The van der Waals surface area contributed by atoms with Crippen LogP contribution in [0.1, 0.15) is 31.0 Å². The van der Waals surface area contributed by atoms with Gasteiger partial charge in [-0.3, -0.25) is 9.36 Å². The molecular weight excluding hydrogens is 308 g/mol.